The SMILES string of the molecule is [2H]C([2H])([2H])c1ccc(-c2cc([Si](C)(C)C)ccc2C)[n+](C)c1. The van der Waals surface area contributed by atoms with Crippen LogP contribution in [0.4, 0.5) is 0 Å². The van der Waals surface area contributed by atoms with E-state index in [-0.39, 0.29) is 0 Å². The Hall–Kier alpha value is -1.41. The van der Waals surface area contributed by atoms with Crippen molar-refractivity contribution >= 4 is 13.3 Å². The summed E-state index contributed by atoms with van der Waals surface area (Å²) in [4.78, 5) is 0. The van der Waals surface area contributed by atoms with E-state index in [0.29, 0.717) is 5.56 Å². The van der Waals surface area contributed by atoms with E-state index < -0.39 is 14.9 Å². The van der Waals surface area contributed by atoms with Crippen molar-refractivity contribution in [3.8, 4) is 11.3 Å². The molecule has 2 heteroatoms. The lowest BCUT2D eigenvalue weighted by molar-refractivity contribution is -0.660. The third kappa shape index (κ3) is 2.95. The highest BCUT2D eigenvalue weighted by Crippen LogP contribution is 2.20. The molecule has 2 rings (SSSR count). The summed E-state index contributed by atoms with van der Waals surface area (Å²) in [6.45, 7) is 7.03. The second-order valence-electron chi connectivity index (χ2n) is 6.19. The molecule has 19 heavy (non-hydrogen) atoms. The highest BCUT2D eigenvalue weighted by atomic mass is 28.3. The van der Waals surface area contributed by atoms with Gasteiger partial charge in [-0.2, -0.15) is 0 Å². The first-order valence-electron chi connectivity index (χ1n) is 8.12. The maximum absolute atomic E-state index is 7.53. The minimum absolute atomic E-state index is 0.373. The van der Waals surface area contributed by atoms with Gasteiger partial charge < -0.3 is 0 Å². The first-order chi connectivity index (χ1) is 10.00. The van der Waals surface area contributed by atoms with Crippen LogP contribution in [-0.4, -0.2) is 8.07 Å². The molecule has 1 heterocycles. The van der Waals surface area contributed by atoms with Gasteiger partial charge in [0.25, 0.3) is 0 Å². The molecule has 0 atom stereocenters. The smallest absolute Gasteiger partial charge is 0.201 e. The molecule has 100 valence electrons. The predicted octanol–water partition coefficient (Wildman–Crippen LogP) is 3.34. The molecular formula is C17H24NSi+. The van der Waals surface area contributed by atoms with Crippen LogP contribution < -0.4 is 9.75 Å². The summed E-state index contributed by atoms with van der Waals surface area (Å²) in [5.74, 6) is 0. The van der Waals surface area contributed by atoms with Crippen molar-refractivity contribution in [3.05, 3.63) is 47.7 Å². The molecule has 1 nitrogen and oxygen atoms in total. The number of benzene rings is 1. The van der Waals surface area contributed by atoms with E-state index >= 15 is 0 Å². The molecular weight excluding hydrogens is 246 g/mol. The summed E-state index contributed by atoms with van der Waals surface area (Å²) < 4.78 is 24.5. The second-order valence-corrected chi connectivity index (χ2v) is 11.3. The van der Waals surface area contributed by atoms with Gasteiger partial charge in [0, 0.05) is 21.3 Å². The Bertz CT molecular complexity index is 700. The summed E-state index contributed by atoms with van der Waals surface area (Å²) in [7, 11) is 0.530. The van der Waals surface area contributed by atoms with Crippen molar-refractivity contribution in [3.63, 3.8) is 0 Å². The zero-order valence-electron chi connectivity index (χ0n) is 15.4. The first kappa shape index (κ1) is 10.4. The number of hydrogen-bond acceptors (Lipinski definition) is 0. The van der Waals surface area contributed by atoms with Crippen molar-refractivity contribution in [2.75, 3.05) is 0 Å². The van der Waals surface area contributed by atoms with Gasteiger partial charge in [-0.3, -0.25) is 0 Å². The van der Waals surface area contributed by atoms with Gasteiger partial charge in [-0.25, -0.2) is 4.57 Å². The lowest BCUT2D eigenvalue weighted by Gasteiger charge is -2.18. The van der Waals surface area contributed by atoms with Gasteiger partial charge in [0.1, 0.15) is 7.05 Å². The predicted molar refractivity (Wildman–Crippen MR) is 85.5 cm³/mol. The van der Waals surface area contributed by atoms with Crippen LogP contribution in [0.1, 0.15) is 15.2 Å². The van der Waals surface area contributed by atoms with Gasteiger partial charge in [-0.15, -0.1) is 0 Å². The maximum atomic E-state index is 7.53. The number of rotatable bonds is 2. The molecule has 0 saturated carbocycles. The fourth-order valence-electron chi connectivity index (χ4n) is 2.25. The van der Waals surface area contributed by atoms with Crippen molar-refractivity contribution in [1.82, 2.24) is 0 Å². The molecule has 0 unspecified atom stereocenters. The largest absolute Gasteiger partial charge is 0.212 e. The number of pyridine rings is 1. The molecule has 0 aliphatic rings. The van der Waals surface area contributed by atoms with Gasteiger partial charge in [-0.05, 0) is 31.5 Å². The molecule has 0 saturated heterocycles. The van der Waals surface area contributed by atoms with Crippen molar-refractivity contribution < 1.29 is 8.68 Å². The Labute approximate surface area is 122 Å². The molecule has 0 radical (unpaired) electrons. The Balaban J connectivity index is 2.57. The fourth-order valence-corrected chi connectivity index (χ4v) is 3.41. The van der Waals surface area contributed by atoms with Crippen molar-refractivity contribution in [2.24, 2.45) is 7.05 Å². The number of aromatic nitrogens is 1. The molecule has 1 aromatic heterocycles. The molecule has 0 aliphatic carbocycles. The number of hydrogen-bond donors (Lipinski definition) is 0. The topological polar surface area (TPSA) is 3.88 Å². The molecule has 0 N–H and O–H groups in total. The Kier molecular flexibility index (Phi) is 2.69. The van der Waals surface area contributed by atoms with Gasteiger partial charge in [0.15, 0.2) is 6.20 Å². The molecule has 1 aromatic carbocycles. The van der Waals surface area contributed by atoms with E-state index in [2.05, 4.69) is 44.8 Å². The lowest BCUT2D eigenvalue weighted by Crippen LogP contribution is -2.38. The molecule has 0 spiro atoms. The first-order valence-corrected chi connectivity index (χ1v) is 10.1. The quantitative estimate of drug-likeness (QED) is 0.584. The number of nitrogens with zero attached hydrogens (tertiary/aromatic N) is 1. The highest BCUT2D eigenvalue weighted by Gasteiger charge is 2.20. The van der Waals surface area contributed by atoms with E-state index in [9.17, 15) is 0 Å². The summed E-state index contributed by atoms with van der Waals surface area (Å²) in [5, 5.41) is 1.41. The lowest BCUT2D eigenvalue weighted by atomic mass is 10.0. The Morgan fingerprint density at radius 2 is 1.84 bits per heavy atom. The average Bonchev–Trinajstić information content (AvgIpc) is 2.37. The number of aryl methyl sites for hydroxylation is 3. The summed E-state index contributed by atoms with van der Waals surface area (Å²) in [6, 6.07) is 10.3. The molecule has 0 aliphatic heterocycles. The summed E-state index contributed by atoms with van der Waals surface area (Å²) >= 11 is 0. The van der Waals surface area contributed by atoms with Crippen LogP contribution >= 0.6 is 0 Å². The second kappa shape index (κ2) is 4.93. The molecule has 0 fully saturated rings. The van der Waals surface area contributed by atoms with Crippen LogP contribution in [0.5, 0.6) is 0 Å². The van der Waals surface area contributed by atoms with E-state index in [0.717, 1.165) is 5.69 Å². The van der Waals surface area contributed by atoms with E-state index in [4.69, 9.17) is 4.11 Å². The van der Waals surface area contributed by atoms with Crippen LogP contribution in [0.3, 0.4) is 0 Å². The van der Waals surface area contributed by atoms with Crippen LogP contribution in [0.25, 0.3) is 11.3 Å². The molecule has 2 aromatic rings. The third-order valence-electron chi connectivity index (χ3n) is 3.51. The Morgan fingerprint density at radius 1 is 1.11 bits per heavy atom. The highest BCUT2D eigenvalue weighted by molar-refractivity contribution is 6.88. The third-order valence-corrected chi connectivity index (χ3v) is 5.56. The van der Waals surface area contributed by atoms with Crippen molar-refractivity contribution in [1.29, 1.82) is 0 Å². The zero-order valence-corrected chi connectivity index (χ0v) is 13.4. The molecule has 0 bridgehead atoms. The minimum Gasteiger partial charge on any atom is -0.201 e. The summed E-state index contributed by atoms with van der Waals surface area (Å²) in [5.41, 5.74) is 3.81. The molecule has 0 amide bonds. The van der Waals surface area contributed by atoms with Crippen molar-refractivity contribution in [2.45, 2.75) is 33.4 Å². The van der Waals surface area contributed by atoms with Crippen LogP contribution in [-0.2, 0) is 7.05 Å². The van der Waals surface area contributed by atoms with E-state index in [1.807, 2.05) is 17.7 Å². The monoisotopic (exact) mass is 273 g/mol. The van der Waals surface area contributed by atoms with Gasteiger partial charge in [0.05, 0.1) is 8.07 Å². The maximum Gasteiger partial charge on any atom is 0.212 e. The van der Waals surface area contributed by atoms with Gasteiger partial charge >= 0.3 is 0 Å². The average molecular weight is 273 g/mol. The van der Waals surface area contributed by atoms with E-state index in [1.54, 1.807) is 12.3 Å². The standard InChI is InChI=1S/C17H24NSi/c1-13-7-10-17(18(3)12-13)16-11-15(19(4,5)6)9-8-14(16)2/h7-12H,1-6H3/q+1/i1D3. The van der Waals surface area contributed by atoms with Crippen LogP contribution in [0.15, 0.2) is 36.5 Å². The Morgan fingerprint density at radius 3 is 2.42 bits per heavy atom. The fraction of sp³-hybridized carbons (Fsp3) is 0.353. The van der Waals surface area contributed by atoms with Gasteiger partial charge in [0.2, 0.25) is 5.69 Å². The van der Waals surface area contributed by atoms with E-state index in [1.165, 1.54) is 16.3 Å². The minimum atomic E-state index is -2.06. The summed E-state index contributed by atoms with van der Waals surface area (Å²) in [6.07, 6.45) is 1.71. The van der Waals surface area contributed by atoms with Crippen LogP contribution in [0.2, 0.25) is 19.6 Å². The zero-order chi connectivity index (χ0) is 16.7. The van der Waals surface area contributed by atoms with Gasteiger partial charge in [-0.1, -0.05) is 37.0 Å². The van der Waals surface area contributed by atoms with Crippen LogP contribution in [0, 0.1) is 13.8 Å². The normalized spacial score (nSPS) is 14.7.